The largest absolute Gasteiger partial charge is 0.480 e. The van der Waals surface area contributed by atoms with Gasteiger partial charge in [-0.2, -0.15) is 0 Å². The predicted molar refractivity (Wildman–Crippen MR) is 72.9 cm³/mol. The minimum Gasteiger partial charge on any atom is -0.480 e. The maximum atomic E-state index is 11.4. The van der Waals surface area contributed by atoms with Crippen molar-refractivity contribution >= 4 is 5.97 Å². The lowest BCUT2D eigenvalue weighted by Crippen LogP contribution is -2.51. The third kappa shape index (κ3) is 3.14. The molecule has 2 N–H and O–H groups in total. The van der Waals surface area contributed by atoms with E-state index in [4.69, 9.17) is 0 Å². The summed E-state index contributed by atoms with van der Waals surface area (Å²) in [6.45, 7) is 4.64. The average Bonchev–Trinajstić information content (AvgIpc) is 2.37. The lowest BCUT2D eigenvalue weighted by Gasteiger charge is -2.38. The van der Waals surface area contributed by atoms with E-state index in [9.17, 15) is 15.0 Å². The molecule has 0 saturated heterocycles. The monoisotopic (exact) mass is 263 g/mol. The van der Waals surface area contributed by atoms with Crippen molar-refractivity contribution in [1.82, 2.24) is 4.90 Å². The average molecular weight is 263 g/mol. The Morgan fingerprint density at radius 2 is 2.05 bits per heavy atom. The van der Waals surface area contributed by atoms with E-state index in [0.29, 0.717) is 25.9 Å². The first-order valence-corrected chi connectivity index (χ1v) is 6.69. The van der Waals surface area contributed by atoms with E-state index < -0.39 is 17.6 Å². The Morgan fingerprint density at radius 1 is 1.42 bits per heavy atom. The molecular weight excluding hydrogens is 242 g/mol. The number of rotatable bonds is 4. The number of nitrogens with zero attached hydrogens (tertiary/aromatic N) is 1. The standard InChI is InChI=1S/C15H21NO3/c1-3-15(2,19)10-16-9-12-7-5-4-6-11(12)8-13(16)14(17)18/h4-7,13,19H,3,8-10H2,1-2H3,(H,17,18)/t13-,15?/m0/s1. The molecule has 1 heterocycles. The second kappa shape index (κ2) is 5.31. The van der Waals surface area contributed by atoms with Crippen molar-refractivity contribution in [2.45, 2.75) is 44.9 Å². The predicted octanol–water partition coefficient (Wildman–Crippen LogP) is 1.66. The fourth-order valence-corrected chi connectivity index (χ4v) is 2.54. The van der Waals surface area contributed by atoms with Gasteiger partial charge < -0.3 is 10.2 Å². The van der Waals surface area contributed by atoms with Crippen LogP contribution < -0.4 is 0 Å². The van der Waals surface area contributed by atoms with Gasteiger partial charge >= 0.3 is 5.97 Å². The van der Waals surface area contributed by atoms with Crippen LogP contribution in [0.1, 0.15) is 31.4 Å². The molecule has 1 aromatic carbocycles. The first-order chi connectivity index (χ1) is 8.93. The molecule has 4 nitrogen and oxygen atoms in total. The van der Waals surface area contributed by atoms with Crippen LogP contribution in [0.5, 0.6) is 0 Å². The van der Waals surface area contributed by atoms with E-state index in [2.05, 4.69) is 0 Å². The van der Waals surface area contributed by atoms with E-state index in [1.54, 1.807) is 6.92 Å². The van der Waals surface area contributed by atoms with Gasteiger partial charge in [0, 0.05) is 13.1 Å². The lowest BCUT2D eigenvalue weighted by molar-refractivity contribution is -0.145. The Labute approximate surface area is 113 Å². The molecule has 1 aliphatic rings. The second-order valence-corrected chi connectivity index (χ2v) is 5.58. The third-order valence-corrected chi connectivity index (χ3v) is 3.94. The molecule has 19 heavy (non-hydrogen) atoms. The van der Waals surface area contributed by atoms with Gasteiger partial charge in [-0.1, -0.05) is 31.2 Å². The van der Waals surface area contributed by atoms with Crippen molar-refractivity contribution in [3.63, 3.8) is 0 Å². The summed E-state index contributed by atoms with van der Waals surface area (Å²) in [6, 6.07) is 7.38. The van der Waals surface area contributed by atoms with E-state index in [1.165, 1.54) is 0 Å². The number of carboxylic acids is 1. The van der Waals surface area contributed by atoms with Gasteiger partial charge in [-0.3, -0.25) is 9.69 Å². The van der Waals surface area contributed by atoms with Crippen molar-refractivity contribution < 1.29 is 15.0 Å². The number of aliphatic carboxylic acids is 1. The van der Waals surface area contributed by atoms with E-state index in [1.807, 2.05) is 36.1 Å². The molecule has 1 unspecified atom stereocenters. The Hall–Kier alpha value is -1.39. The number of hydrogen-bond acceptors (Lipinski definition) is 3. The van der Waals surface area contributed by atoms with Crippen LogP contribution in [0.2, 0.25) is 0 Å². The third-order valence-electron chi connectivity index (χ3n) is 3.94. The summed E-state index contributed by atoms with van der Waals surface area (Å²) in [5.41, 5.74) is 1.41. The van der Waals surface area contributed by atoms with Crippen LogP contribution in [0.3, 0.4) is 0 Å². The van der Waals surface area contributed by atoms with Gasteiger partial charge in [0.1, 0.15) is 6.04 Å². The highest BCUT2D eigenvalue weighted by Gasteiger charge is 2.34. The maximum absolute atomic E-state index is 11.4. The van der Waals surface area contributed by atoms with Crippen LogP contribution in [0.4, 0.5) is 0 Å². The van der Waals surface area contributed by atoms with Crippen LogP contribution in [0.25, 0.3) is 0 Å². The summed E-state index contributed by atoms with van der Waals surface area (Å²) >= 11 is 0. The normalized spacial score (nSPS) is 22.6. The quantitative estimate of drug-likeness (QED) is 0.867. The molecule has 0 radical (unpaired) electrons. The number of fused-ring (bicyclic) bond motifs is 1. The topological polar surface area (TPSA) is 60.8 Å². The molecule has 0 aromatic heterocycles. The van der Waals surface area contributed by atoms with Crippen LogP contribution in [-0.2, 0) is 17.8 Å². The molecule has 0 spiro atoms. The minimum atomic E-state index is -0.847. The lowest BCUT2D eigenvalue weighted by atomic mass is 9.92. The summed E-state index contributed by atoms with van der Waals surface area (Å²) in [4.78, 5) is 13.3. The fraction of sp³-hybridized carbons (Fsp3) is 0.533. The van der Waals surface area contributed by atoms with E-state index >= 15 is 0 Å². The number of aliphatic hydroxyl groups is 1. The summed E-state index contributed by atoms with van der Waals surface area (Å²) in [7, 11) is 0. The molecule has 1 aliphatic heterocycles. The van der Waals surface area contributed by atoms with E-state index in [-0.39, 0.29) is 0 Å². The smallest absolute Gasteiger partial charge is 0.321 e. The van der Waals surface area contributed by atoms with Crippen molar-refractivity contribution in [3.8, 4) is 0 Å². The zero-order chi connectivity index (χ0) is 14.0. The number of carboxylic acid groups (broad SMARTS) is 1. The molecule has 2 atom stereocenters. The highest BCUT2D eigenvalue weighted by Crippen LogP contribution is 2.25. The number of hydrogen-bond donors (Lipinski definition) is 2. The molecule has 104 valence electrons. The van der Waals surface area contributed by atoms with Gasteiger partial charge in [0.15, 0.2) is 0 Å². The highest BCUT2D eigenvalue weighted by molar-refractivity contribution is 5.74. The van der Waals surface area contributed by atoms with Gasteiger partial charge in [0.05, 0.1) is 5.60 Å². The first-order valence-electron chi connectivity index (χ1n) is 6.69. The summed E-state index contributed by atoms with van der Waals surface area (Å²) in [6.07, 6.45) is 1.11. The molecule has 0 saturated carbocycles. The van der Waals surface area contributed by atoms with Crippen molar-refractivity contribution in [2.75, 3.05) is 6.54 Å². The first kappa shape index (κ1) is 14.0. The van der Waals surface area contributed by atoms with E-state index in [0.717, 1.165) is 11.1 Å². The number of benzene rings is 1. The van der Waals surface area contributed by atoms with Crippen LogP contribution >= 0.6 is 0 Å². The molecular formula is C15H21NO3. The van der Waals surface area contributed by atoms with Gasteiger partial charge in [-0.25, -0.2) is 0 Å². The maximum Gasteiger partial charge on any atom is 0.321 e. The van der Waals surface area contributed by atoms with Crippen molar-refractivity contribution in [3.05, 3.63) is 35.4 Å². The van der Waals surface area contributed by atoms with Gasteiger partial charge in [-0.15, -0.1) is 0 Å². The summed E-state index contributed by atoms with van der Waals surface area (Å²) in [5.74, 6) is -0.818. The molecule has 4 heteroatoms. The van der Waals surface area contributed by atoms with Crippen LogP contribution in [0.15, 0.2) is 24.3 Å². The SMILES string of the molecule is CCC(C)(O)CN1Cc2ccccc2C[C@H]1C(=O)O. The van der Waals surface area contributed by atoms with Gasteiger partial charge in [0.2, 0.25) is 0 Å². The van der Waals surface area contributed by atoms with Crippen LogP contribution in [0, 0.1) is 0 Å². The summed E-state index contributed by atoms with van der Waals surface area (Å²) < 4.78 is 0. The second-order valence-electron chi connectivity index (χ2n) is 5.58. The molecule has 0 aliphatic carbocycles. The molecule has 0 fully saturated rings. The number of carbonyl (C=O) groups is 1. The van der Waals surface area contributed by atoms with Crippen molar-refractivity contribution in [1.29, 1.82) is 0 Å². The van der Waals surface area contributed by atoms with Gasteiger partial charge in [0.25, 0.3) is 0 Å². The number of β-amino-alcohol motifs (C(OH)–C–C–N with tert-alkyl or cyclic N) is 1. The molecule has 1 aromatic rings. The summed E-state index contributed by atoms with van der Waals surface area (Å²) in [5, 5.41) is 19.6. The zero-order valence-electron chi connectivity index (χ0n) is 11.5. The fourth-order valence-electron chi connectivity index (χ4n) is 2.54. The highest BCUT2D eigenvalue weighted by atomic mass is 16.4. The van der Waals surface area contributed by atoms with Crippen molar-refractivity contribution in [2.24, 2.45) is 0 Å². The van der Waals surface area contributed by atoms with Crippen LogP contribution in [-0.4, -0.2) is 39.3 Å². The van der Waals surface area contributed by atoms with Gasteiger partial charge in [-0.05, 0) is 30.9 Å². The Balaban J connectivity index is 2.24. The molecule has 0 amide bonds. The molecule has 2 rings (SSSR count). The Kier molecular flexibility index (Phi) is 3.92. The zero-order valence-corrected chi connectivity index (χ0v) is 11.5. The Morgan fingerprint density at radius 3 is 2.63 bits per heavy atom. The Bertz CT molecular complexity index is 470. The molecule has 0 bridgehead atoms. The minimum absolute atomic E-state index is 0.384.